The van der Waals surface area contributed by atoms with Crippen molar-refractivity contribution in [3.63, 3.8) is 0 Å². The molecular weight excluding hydrogens is 279 g/mol. The van der Waals surface area contributed by atoms with Crippen molar-refractivity contribution in [2.45, 2.75) is 0 Å². The van der Waals surface area contributed by atoms with Crippen LogP contribution in [0.5, 0.6) is 0 Å². The molecule has 3 rings (SSSR count). The highest BCUT2D eigenvalue weighted by Gasteiger charge is 2.11. The highest BCUT2D eigenvalue weighted by atomic mass is 35.5. The van der Waals surface area contributed by atoms with Crippen LogP contribution in [-0.4, -0.2) is 14.8 Å². The molecule has 0 atom stereocenters. The van der Waals surface area contributed by atoms with Crippen molar-refractivity contribution < 1.29 is 4.39 Å². The third kappa shape index (κ3) is 2.23. The van der Waals surface area contributed by atoms with Gasteiger partial charge in [-0.3, -0.25) is 4.98 Å². The van der Waals surface area contributed by atoms with Gasteiger partial charge < -0.3 is 5.73 Å². The fourth-order valence-corrected chi connectivity index (χ4v) is 1.97. The van der Waals surface area contributed by atoms with Crippen LogP contribution in [0.3, 0.4) is 0 Å². The second-order valence-corrected chi connectivity index (χ2v) is 4.60. The third-order valence-corrected chi connectivity index (χ3v) is 3.12. The predicted molar refractivity (Wildman–Crippen MR) is 76.2 cm³/mol. The number of benzene rings is 1. The quantitative estimate of drug-likeness (QED) is 0.787. The van der Waals surface area contributed by atoms with Crippen LogP contribution in [0.15, 0.2) is 48.8 Å². The molecular formula is C14H10ClFN4. The van der Waals surface area contributed by atoms with Crippen LogP contribution in [0.1, 0.15) is 0 Å². The van der Waals surface area contributed by atoms with E-state index in [0.29, 0.717) is 22.8 Å². The normalized spacial score (nSPS) is 10.7. The second-order valence-electron chi connectivity index (χ2n) is 4.19. The van der Waals surface area contributed by atoms with E-state index in [4.69, 9.17) is 17.3 Å². The number of nitrogens with zero attached hydrogens (tertiary/aromatic N) is 3. The van der Waals surface area contributed by atoms with Gasteiger partial charge in [-0.2, -0.15) is 5.10 Å². The maximum atomic E-state index is 13.5. The summed E-state index contributed by atoms with van der Waals surface area (Å²) in [4.78, 5) is 4.20. The largest absolute Gasteiger partial charge is 0.396 e. The van der Waals surface area contributed by atoms with Gasteiger partial charge in [0.1, 0.15) is 11.5 Å². The van der Waals surface area contributed by atoms with E-state index in [0.717, 1.165) is 0 Å². The number of nitrogens with two attached hydrogens (primary N) is 1. The summed E-state index contributed by atoms with van der Waals surface area (Å²) in [6.45, 7) is 0. The van der Waals surface area contributed by atoms with Crippen LogP contribution in [0.2, 0.25) is 5.02 Å². The van der Waals surface area contributed by atoms with Gasteiger partial charge >= 0.3 is 0 Å². The molecule has 0 aliphatic heterocycles. The highest BCUT2D eigenvalue weighted by Crippen LogP contribution is 2.24. The van der Waals surface area contributed by atoms with Crippen LogP contribution in [0.25, 0.3) is 17.1 Å². The molecule has 2 aromatic heterocycles. The van der Waals surface area contributed by atoms with Crippen molar-refractivity contribution in [3.05, 3.63) is 59.6 Å². The monoisotopic (exact) mass is 288 g/mol. The molecule has 6 heteroatoms. The maximum absolute atomic E-state index is 13.5. The van der Waals surface area contributed by atoms with Crippen LogP contribution >= 0.6 is 11.6 Å². The van der Waals surface area contributed by atoms with Gasteiger partial charge in [0, 0.05) is 12.3 Å². The number of pyridine rings is 1. The zero-order valence-corrected chi connectivity index (χ0v) is 11.0. The maximum Gasteiger partial charge on any atom is 0.143 e. The number of hydrogen-bond acceptors (Lipinski definition) is 3. The summed E-state index contributed by atoms with van der Waals surface area (Å²) in [5, 5.41) is 4.41. The minimum atomic E-state index is -0.502. The molecule has 2 N–H and O–H groups in total. The highest BCUT2D eigenvalue weighted by molar-refractivity contribution is 6.30. The first-order valence-corrected chi connectivity index (χ1v) is 6.25. The molecule has 0 aliphatic carbocycles. The first kappa shape index (κ1) is 12.6. The number of aromatic nitrogens is 3. The molecule has 0 aliphatic rings. The van der Waals surface area contributed by atoms with Crippen LogP contribution in [0.4, 0.5) is 10.1 Å². The topological polar surface area (TPSA) is 56.7 Å². The number of nitrogen functional groups attached to an aromatic ring is 1. The predicted octanol–water partition coefficient (Wildman–Crippen LogP) is 3.31. The molecule has 3 aromatic rings. The van der Waals surface area contributed by atoms with E-state index in [1.165, 1.54) is 16.8 Å². The van der Waals surface area contributed by atoms with Gasteiger partial charge in [-0.1, -0.05) is 17.7 Å². The lowest BCUT2D eigenvalue weighted by atomic mass is 10.2. The zero-order chi connectivity index (χ0) is 14.1. The van der Waals surface area contributed by atoms with E-state index in [2.05, 4.69) is 10.1 Å². The number of anilines is 1. The van der Waals surface area contributed by atoms with Gasteiger partial charge in [0.25, 0.3) is 0 Å². The lowest BCUT2D eigenvalue weighted by Crippen LogP contribution is -1.96. The molecule has 0 saturated heterocycles. The summed E-state index contributed by atoms with van der Waals surface area (Å²) >= 11 is 5.66. The van der Waals surface area contributed by atoms with E-state index >= 15 is 0 Å². The van der Waals surface area contributed by atoms with Crippen molar-refractivity contribution in [1.82, 2.24) is 14.8 Å². The zero-order valence-electron chi connectivity index (χ0n) is 10.3. The number of halogens is 2. The van der Waals surface area contributed by atoms with Gasteiger partial charge in [0.2, 0.25) is 0 Å². The molecule has 0 bridgehead atoms. The van der Waals surface area contributed by atoms with Gasteiger partial charge in [-0.15, -0.1) is 0 Å². The summed E-state index contributed by atoms with van der Waals surface area (Å²) in [6.07, 6.45) is 3.28. The van der Waals surface area contributed by atoms with Crippen molar-refractivity contribution in [2.24, 2.45) is 0 Å². The molecule has 0 fully saturated rings. The third-order valence-electron chi connectivity index (χ3n) is 2.82. The minimum Gasteiger partial charge on any atom is -0.396 e. The fourth-order valence-electron chi connectivity index (χ4n) is 1.85. The summed E-state index contributed by atoms with van der Waals surface area (Å²) in [5.74, 6) is -0.502. The summed E-state index contributed by atoms with van der Waals surface area (Å²) in [5.41, 5.74) is 8.17. The van der Waals surface area contributed by atoms with E-state index in [9.17, 15) is 4.39 Å². The minimum absolute atomic E-state index is 0.0684. The standard InChI is InChI=1S/C14H10ClFN4/c15-10-5-4-9(7-11(10)16)20-8-12(17)14(19-20)13-3-1-2-6-18-13/h1-8H,17H2. The molecule has 100 valence electrons. The van der Waals surface area contributed by atoms with Crippen LogP contribution in [-0.2, 0) is 0 Å². The summed E-state index contributed by atoms with van der Waals surface area (Å²) < 4.78 is 15.0. The Morgan fingerprint density at radius 1 is 1.20 bits per heavy atom. The Morgan fingerprint density at radius 3 is 2.75 bits per heavy atom. The van der Waals surface area contributed by atoms with Crippen molar-refractivity contribution in [2.75, 3.05) is 5.73 Å². The summed E-state index contributed by atoms with van der Waals surface area (Å²) in [6, 6.07) is 9.92. The van der Waals surface area contributed by atoms with Gasteiger partial charge in [0.05, 0.1) is 28.3 Å². The van der Waals surface area contributed by atoms with E-state index in [1.54, 1.807) is 18.5 Å². The molecule has 0 amide bonds. The van der Waals surface area contributed by atoms with Gasteiger partial charge in [-0.05, 0) is 24.3 Å². The smallest absolute Gasteiger partial charge is 0.143 e. The van der Waals surface area contributed by atoms with E-state index in [1.807, 2.05) is 18.2 Å². The lowest BCUT2D eigenvalue weighted by Gasteiger charge is -2.02. The summed E-state index contributed by atoms with van der Waals surface area (Å²) in [7, 11) is 0. The number of rotatable bonds is 2. The van der Waals surface area contributed by atoms with Crippen molar-refractivity contribution in [1.29, 1.82) is 0 Å². The molecule has 20 heavy (non-hydrogen) atoms. The molecule has 0 radical (unpaired) electrons. The first-order chi connectivity index (χ1) is 9.65. The molecule has 0 saturated carbocycles. The second kappa shape index (κ2) is 4.94. The number of hydrogen-bond donors (Lipinski definition) is 1. The van der Waals surface area contributed by atoms with E-state index in [-0.39, 0.29) is 5.02 Å². The fraction of sp³-hybridized carbons (Fsp3) is 0. The molecule has 1 aromatic carbocycles. The Hall–Kier alpha value is -2.40. The Labute approximate surface area is 119 Å². The molecule has 0 spiro atoms. The van der Waals surface area contributed by atoms with Crippen molar-refractivity contribution >= 4 is 17.3 Å². The van der Waals surface area contributed by atoms with Gasteiger partial charge in [0.15, 0.2) is 0 Å². The molecule has 0 unspecified atom stereocenters. The Bertz CT molecular complexity index is 755. The van der Waals surface area contributed by atoms with Gasteiger partial charge in [-0.25, -0.2) is 9.07 Å². The molecule has 2 heterocycles. The van der Waals surface area contributed by atoms with Crippen LogP contribution in [0, 0.1) is 5.82 Å². The average Bonchev–Trinajstić information content (AvgIpc) is 2.85. The Balaban J connectivity index is 2.06. The lowest BCUT2D eigenvalue weighted by molar-refractivity contribution is 0.626. The Kier molecular flexibility index (Phi) is 3.12. The Morgan fingerprint density at radius 2 is 2.05 bits per heavy atom. The molecule has 4 nitrogen and oxygen atoms in total. The van der Waals surface area contributed by atoms with Crippen LogP contribution < -0.4 is 5.73 Å². The van der Waals surface area contributed by atoms with Crippen molar-refractivity contribution in [3.8, 4) is 17.1 Å². The SMILES string of the molecule is Nc1cn(-c2ccc(Cl)c(F)c2)nc1-c1ccccn1. The van der Waals surface area contributed by atoms with E-state index < -0.39 is 5.82 Å². The first-order valence-electron chi connectivity index (χ1n) is 5.87. The average molecular weight is 289 g/mol.